The van der Waals surface area contributed by atoms with Crippen LogP contribution in [0.3, 0.4) is 0 Å². The van der Waals surface area contributed by atoms with Gasteiger partial charge in [0.05, 0.1) is 76.0 Å². The van der Waals surface area contributed by atoms with E-state index in [0.29, 0.717) is 5.92 Å². The Morgan fingerprint density at radius 2 is 1.06 bits per heavy atom. The summed E-state index contributed by atoms with van der Waals surface area (Å²) >= 11 is 0. The van der Waals surface area contributed by atoms with E-state index in [4.69, 9.17) is 4.98 Å². The standard InChI is InChI=1S/C14H18N2.2C12H16N2.2C11H14N2/c1-14(2,3)12-11-6-4-5-9-16(11)13(15-12)10-7-8-10;1-9-13-7-11-6-5-10(8-14(9)11)12(2,3)4;1-9-5-6-14-8-13-11(10(14)7-9)12(2,3)4;1-11(2,3)9-5-4-6-13-8-12-7-10(9)13;1-11(2,3)10-9-6-4-5-7-13(9)8-12-10/h4-6,9-10H,7-8H2,1-3H3;2*5-8H,1-4H3;2*4-8H,1-3H3. The number of hydrogen-bond donors (Lipinski definition) is 0. The molecule has 0 radical (unpaired) electrons. The molecule has 368 valence electrons. The second kappa shape index (κ2) is 19.7. The van der Waals surface area contributed by atoms with Crippen LogP contribution in [0.4, 0.5) is 0 Å². The molecular formula is C60H78N10. The zero-order valence-corrected chi connectivity index (χ0v) is 45.2. The van der Waals surface area contributed by atoms with Crippen LogP contribution in [0.5, 0.6) is 0 Å². The quantitative estimate of drug-likeness (QED) is 0.164. The molecule has 10 nitrogen and oxygen atoms in total. The van der Waals surface area contributed by atoms with Crippen LogP contribution in [0.2, 0.25) is 0 Å². The Morgan fingerprint density at radius 1 is 0.471 bits per heavy atom. The highest BCUT2D eigenvalue weighted by Crippen LogP contribution is 2.41. The lowest BCUT2D eigenvalue weighted by Crippen LogP contribution is -2.12. The first kappa shape index (κ1) is 51.3. The second-order valence-electron chi connectivity index (χ2n) is 24.1. The molecule has 1 saturated carbocycles. The third kappa shape index (κ3) is 11.9. The Kier molecular flexibility index (Phi) is 14.4. The molecule has 11 rings (SSSR count). The molecule has 1 fully saturated rings. The Hall–Kier alpha value is -6.55. The van der Waals surface area contributed by atoms with E-state index in [1.165, 1.54) is 68.8 Å². The summed E-state index contributed by atoms with van der Waals surface area (Å²) in [5.74, 6) is 3.01. The summed E-state index contributed by atoms with van der Waals surface area (Å²) in [5, 5.41) is 0. The van der Waals surface area contributed by atoms with Crippen LogP contribution in [0, 0.1) is 13.8 Å². The lowest BCUT2D eigenvalue weighted by atomic mass is 9.87. The summed E-state index contributed by atoms with van der Waals surface area (Å²) in [6.45, 7) is 37.3. The Morgan fingerprint density at radius 3 is 1.67 bits per heavy atom. The Labute approximate surface area is 416 Å². The first-order chi connectivity index (χ1) is 32.7. The van der Waals surface area contributed by atoms with E-state index < -0.39 is 0 Å². The van der Waals surface area contributed by atoms with Gasteiger partial charge in [0.1, 0.15) is 11.6 Å². The summed E-state index contributed by atoms with van der Waals surface area (Å²) in [6, 6.07) is 25.4. The molecule has 0 aromatic carbocycles. The van der Waals surface area contributed by atoms with Crippen LogP contribution >= 0.6 is 0 Å². The Balaban J connectivity index is 0.000000129. The zero-order valence-electron chi connectivity index (χ0n) is 45.2. The molecule has 0 aliphatic heterocycles. The number of rotatable bonds is 1. The van der Waals surface area contributed by atoms with Gasteiger partial charge in [0.15, 0.2) is 0 Å². The molecule has 1 aliphatic rings. The molecule has 0 N–H and O–H groups in total. The number of aryl methyl sites for hydroxylation is 2. The van der Waals surface area contributed by atoms with Gasteiger partial charge in [0, 0.05) is 53.1 Å². The minimum atomic E-state index is 0.114. The van der Waals surface area contributed by atoms with Crippen molar-refractivity contribution >= 4 is 27.6 Å². The molecule has 1 aliphatic carbocycles. The van der Waals surface area contributed by atoms with Crippen LogP contribution in [-0.4, -0.2) is 46.9 Å². The van der Waals surface area contributed by atoms with Crippen LogP contribution < -0.4 is 0 Å². The van der Waals surface area contributed by atoms with Crippen LogP contribution in [0.25, 0.3) is 27.6 Å². The van der Waals surface area contributed by atoms with E-state index in [0.717, 1.165) is 17.0 Å². The molecule has 10 aromatic rings. The molecule has 0 unspecified atom stereocenters. The van der Waals surface area contributed by atoms with Crippen molar-refractivity contribution in [3.8, 4) is 0 Å². The molecule has 0 saturated heterocycles. The van der Waals surface area contributed by atoms with Crippen molar-refractivity contribution < 1.29 is 0 Å². The molecule has 0 bridgehead atoms. The summed E-state index contributed by atoms with van der Waals surface area (Å²) in [6.07, 6.45) is 22.5. The molecule has 70 heavy (non-hydrogen) atoms. The number of fused-ring (bicyclic) bond motifs is 5. The third-order valence-electron chi connectivity index (χ3n) is 12.6. The van der Waals surface area contributed by atoms with Gasteiger partial charge in [-0.25, -0.2) is 24.9 Å². The van der Waals surface area contributed by atoms with E-state index in [1.807, 2.05) is 62.8 Å². The van der Waals surface area contributed by atoms with Crippen molar-refractivity contribution in [2.75, 3.05) is 0 Å². The maximum Gasteiger partial charge on any atom is 0.116 e. The van der Waals surface area contributed by atoms with Gasteiger partial charge >= 0.3 is 0 Å². The van der Waals surface area contributed by atoms with Gasteiger partial charge < -0.3 is 22.0 Å². The average molecular weight is 939 g/mol. The van der Waals surface area contributed by atoms with Gasteiger partial charge in [-0.1, -0.05) is 128 Å². The number of hydrogen-bond acceptors (Lipinski definition) is 5. The van der Waals surface area contributed by atoms with Crippen molar-refractivity contribution in [3.05, 3.63) is 181 Å². The molecule has 0 amide bonds. The molecule has 10 aromatic heterocycles. The Bertz CT molecular complexity index is 3320. The molecular weight excluding hydrogens is 861 g/mol. The average Bonchev–Trinajstić information content (AvgIpc) is 3.75. The predicted molar refractivity (Wildman–Crippen MR) is 291 cm³/mol. The number of nitrogens with zero attached hydrogens (tertiary/aromatic N) is 10. The van der Waals surface area contributed by atoms with Crippen molar-refractivity contribution in [1.29, 1.82) is 0 Å². The van der Waals surface area contributed by atoms with Gasteiger partial charge in [-0.05, 0) is 103 Å². The number of imidazole rings is 5. The summed E-state index contributed by atoms with van der Waals surface area (Å²) < 4.78 is 10.6. The topological polar surface area (TPSA) is 86.5 Å². The smallest absolute Gasteiger partial charge is 0.116 e. The van der Waals surface area contributed by atoms with E-state index >= 15 is 0 Å². The first-order valence-corrected chi connectivity index (χ1v) is 24.9. The van der Waals surface area contributed by atoms with E-state index in [9.17, 15) is 0 Å². The van der Waals surface area contributed by atoms with Crippen LogP contribution in [-0.2, 0) is 27.1 Å². The van der Waals surface area contributed by atoms with Crippen molar-refractivity contribution in [2.24, 2.45) is 0 Å². The van der Waals surface area contributed by atoms with Gasteiger partial charge in [-0.15, -0.1) is 0 Å². The van der Waals surface area contributed by atoms with E-state index in [-0.39, 0.29) is 27.1 Å². The lowest BCUT2D eigenvalue weighted by Gasteiger charge is -2.19. The lowest BCUT2D eigenvalue weighted by molar-refractivity contribution is 0.576. The fourth-order valence-electron chi connectivity index (χ4n) is 8.58. The highest BCUT2D eigenvalue weighted by Gasteiger charge is 2.31. The first-order valence-electron chi connectivity index (χ1n) is 24.9. The van der Waals surface area contributed by atoms with E-state index in [2.05, 4.69) is 232 Å². The largest absolute Gasteiger partial charge is 0.306 e. The maximum absolute atomic E-state index is 4.89. The summed E-state index contributed by atoms with van der Waals surface area (Å²) in [5.41, 5.74) is 14.3. The summed E-state index contributed by atoms with van der Waals surface area (Å²) in [7, 11) is 0. The number of pyridine rings is 5. The third-order valence-corrected chi connectivity index (χ3v) is 12.6. The highest BCUT2D eigenvalue weighted by atomic mass is 15.0. The highest BCUT2D eigenvalue weighted by molar-refractivity contribution is 5.58. The maximum atomic E-state index is 4.89. The SMILES string of the molecule is CC(C)(C)c1cccn2cncc12.CC(C)(C)c1nc(C2CC2)n2ccccc12.CC(C)(C)c1ncn2ccccc12.Cc1ccn2cnc(C(C)(C)C)c2c1.Cc1ncc2ccc(C(C)(C)C)cn12. The molecule has 10 heteroatoms. The minimum absolute atomic E-state index is 0.114. The predicted octanol–water partition coefficient (Wildman–Crippen LogP) is 14.7. The monoisotopic (exact) mass is 939 g/mol. The van der Waals surface area contributed by atoms with Crippen molar-refractivity contribution in [3.63, 3.8) is 0 Å². The van der Waals surface area contributed by atoms with E-state index in [1.54, 1.807) is 0 Å². The normalized spacial score (nSPS) is 13.3. The second-order valence-corrected chi connectivity index (χ2v) is 24.1. The van der Waals surface area contributed by atoms with Crippen LogP contribution in [0.1, 0.15) is 168 Å². The van der Waals surface area contributed by atoms with Crippen molar-refractivity contribution in [2.45, 2.75) is 164 Å². The van der Waals surface area contributed by atoms with Gasteiger partial charge in [0.2, 0.25) is 0 Å². The molecule has 0 atom stereocenters. The zero-order chi connectivity index (χ0) is 51.0. The minimum Gasteiger partial charge on any atom is -0.306 e. The fourth-order valence-corrected chi connectivity index (χ4v) is 8.58. The van der Waals surface area contributed by atoms with Gasteiger partial charge in [-0.3, -0.25) is 0 Å². The molecule has 0 spiro atoms. The molecule has 10 heterocycles. The summed E-state index contributed by atoms with van der Waals surface area (Å²) in [4.78, 5) is 22.2. The van der Waals surface area contributed by atoms with Gasteiger partial charge in [-0.2, -0.15) is 0 Å². The van der Waals surface area contributed by atoms with Crippen LogP contribution in [0.15, 0.2) is 135 Å². The van der Waals surface area contributed by atoms with Gasteiger partial charge in [0.25, 0.3) is 0 Å². The fraction of sp³-hybridized carbons (Fsp3) is 0.417. The van der Waals surface area contributed by atoms with Crippen molar-refractivity contribution in [1.82, 2.24) is 46.9 Å². The number of aromatic nitrogens is 10.